The highest BCUT2D eigenvalue weighted by atomic mass is 32.2. The molecule has 1 aliphatic rings. The number of pyridine rings is 1. The number of hydrogen-bond donors (Lipinski definition) is 1. The summed E-state index contributed by atoms with van der Waals surface area (Å²) in [6.07, 6.45) is 7.08. The van der Waals surface area contributed by atoms with Crippen LogP contribution in [0.1, 0.15) is 43.2 Å². The highest BCUT2D eigenvalue weighted by Crippen LogP contribution is 2.44. The Morgan fingerprint density at radius 1 is 1.23 bits per heavy atom. The Labute approximate surface area is 162 Å². The zero-order valence-electron chi connectivity index (χ0n) is 15.5. The first-order chi connectivity index (χ1) is 12.4. The van der Waals surface area contributed by atoms with Crippen LogP contribution in [-0.2, 0) is 18.6 Å². The van der Waals surface area contributed by atoms with Crippen LogP contribution >= 0.6 is 23.1 Å². The normalized spacial score (nSPS) is 17.4. The second kappa shape index (κ2) is 6.82. The van der Waals surface area contributed by atoms with Gasteiger partial charge in [0.2, 0.25) is 0 Å². The van der Waals surface area contributed by atoms with E-state index >= 15 is 0 Å². The van der Waals surface area contributed by atoms with Crippen LogP contribution in [0, 0.1) is 11.3 Å². The van der Waals surface area contributed by atoms with E-state index in [1.165, 1.54) is 22.4 Å². The zero-order valence-corrected chi connectivity index (χ0v) is 17.1. The van der Waals surface area contributed by atoms with Gasteiger partial charge in [-0.15, -0.1) is 11.3 Å². The molecule has 3 aromatic rings. The maximum Gasteiger partial charge on any atom is 0.191 e. The van der Waals surface area contributed by atoms with Crippen molar-refractivity contribution in [3.8, 4) is 0 Å². The van der Waals surface area contributed by atoms with Crippen molar-refractivity contribution in [2.75, 3.05) is 5.73 Å². The lowest BCUT2D eigenvalue weighted by molar-refractivity contribution is 0.218. The van der Waals surface area contributed by atoms with E-state index in [0.29, 0.717) is 11.2 Å². The van der Waals surface area contributed by atoms with Crippen molar-refractivity contribution in [2.45, 2.75) is 50.9 Å². The van der Waals surface area contributed by atoms with E-state index in [2.05, 4.69) is 30.7 Å². The largest absolute Gasteiger partial charge is 0.383 e. The molecule has 0 radical (unpaired) electrons. The summed E-state index contributed by atoms with van der Waals surface area (Å²) in [5.41, 5.74) is 9.30. The van der Waals surface area contributed by atoms with E-state index in [9.17, 15) is 0 Å². The maximum atomic E-state index is 6.35. The van der Waals surface area contributed by atoms with Crippen LogP contribution in [-0.4, -0.2) is 15.0 Å². The van der Waals surface area contributed by atoms with Crippen LogP contribution < -0.4 is 5.73 Å². The van der Waals surface area contributed by atoms with Crippen molar-refractivity contribution < 1.29 is 0 Å². The molecular weight excluding hydrogens is 360 g/mol. The summed E-state index contributed by atoms with van der Waals surface area (Å²) < 4.78 is 0. The molecule has 26 heavy (non-hydrogen) atoms. The number of fused-ring (bicyclic) bond motifs is 3. The molecule has 0 aromatic carbocycles. The average molecular weight is 385 g/mol. The van der Waals surface area contributed by atoms with Gasteiger partial charge < -0.3 is 5.73 Å². The number of thioether (sulfide) groups is 1. The van der Waals surface area contributed by atoms with Gasteiger partial charge in [0.05, 0.1) is 5.39 Å². The zero-order chi connectivity index (χ0) is 18.3. The Hall–Kier alpha value is -1.66. The van der Waals surface area contributed by atoms with Gasteiger partial charge in [-0.1, -0.05) is 32.5 Å². The van der Waals surface area contributed by atoms with Crippen LogP contribution in [0.5, 0.6) is 0 Å². The molecule has 1 unspecified atom stereocenters. The molecule has 1 aliphatic carbocycles. The van der Waals surface area contributed by atoms with Crippen molar-refractivity contribution >= 4 is 39.1 Å². The monoisotopic (exact) mass is 384 g/mol. The quantitative estimate of drug-likeness (QED) is 0.502. The molecule has 3 aromatic heterocycles. The molecule has 4 rings (SSSR count). The Balaban J connectivity index is 1.62. The highest BCUT2D eigenvalue weighted by molar-refractivity contribution is 7.98. The number of anilines is 1. The summed E-state index contributed by atoms with van der Waals surface area (Å²) in [4.78, 5) is 16.0. The van der Waals surface area contributed by atoms with E-state index in [-0.39, 0.29) is 0 Å². The van der Waals surface area contributed by atoms with Gasteiger partial charge in [0.15, 0.2) is 5.16 Å². The predicted molar refractivity (Wildman–Crippen MR) is 111 cm³/mol. The minimum absolute atomic E-state index is 0.344. The highest BCUT2D eigenvalue weighted by Gasteiger charge is 2.31. The van der Waals surface area contributed by atoms with Gasteiger partial charge >= 0.3 is 0 Å². The second-order valence-electron chi connectivity index (χ2n) is 8.03. The molecule has 1 atom stereocenters. The summed E-state index contributed by atoms with van der Waals surface area (Å²) in [5.74, 6) is 2.18. The Morgan fingerprint density at radius 2 is 2.00 bits per heavy atom. The summed E-state index contributed by atoms with van der Waals surface area (Å²) in [7, 11) is 0. The molecule has 0 saturated carbocycles. The van der Waals surface area contributed by atoms with Crippen LogP contribution in [0.4, 0.5) is 5.82 Å². The molecular formula is C20H24N4S2. The number of thiophene rings is 1. The molecule has 2 N–H and O–H groups in total. The van der Waals surface area contributed by atoms with E-state index in [1.54, 1.807) is 11.8 Å². The Bertz CT molecular complexity index is 928. The average Bonchev–Trinajstić information content (AvgIpc) is 2.98. The Kier molecular flexibility index (Phi) is 4.65. The van der Waals surface area contributed by atoms with Crippen molar-refractivity contribution in [3.05, 3.63) is 40.5 Å². The summed E-state index contributed by atoms with van der Waals surface area (Å²) >= 11 is 3.45. The van der Waals surface area contributed by atoms with Gasteiger partial charge in [-0.05, 0) is 53.9 Å². The minimum atomic E-state index is 0.344. The van der Waals surface area contributed by atoms with Gasteiger partial charge in [0, 0.05) is 23.0 Å². The molecule has 0 fully saturated rings. The van der Waals surface area contributed by atoms with Crippen molar-refractivity contribution in [3.63, 3.8) is 0 Å². The topological polar surface area (TPSA) is 64.7 Å². The van der Waals surface area contributed by atoms with Crippen LogP contribution in [0.15, 0.2) is 29.7 Å². The summed E-state index contributed by atoms with van der Waals surface area (Å²) in [6, 6.07) is 4.04. The standard InChI is InChI=1S/C20H24N4S2/c1-20(2,3)13-4-5-14-15(10-13)26-18-16(14)17(21)23-19(24-18)25-11-12-6-8-22-9-7-12/h6-9,13H,4-5,10-11H2,1-3H3,(H2,21,23,24). The van der Waals surface area contributed by atoms with Crippen molar-refractivity contribution in [1.29, 1.82) is 0 Å². The molecule has 0 amide bonds. The van der Waals surface area contributed by atoms with Crippen LogP contribution in [0.25, 0.3) is 10.2 Å². The molecule has 3 heterocycles. The fraction of sp³-hybridized carbons (Fsp3) is 0.450. The summed E-state index contributed by atoms with van der Waals surface area (Å²) in [6.45, 7) is 7.04. The number of aromatic nitrogens is 3. The Morgan fingerprint density at radius 3 is 2.73 bits per heavy atom. The number of nitrogen functional groups attached to an aromatic ring is 1. The predicted octanol–water partition coefficient (Wildman–Crippen LogP) is 5.11. The van der Waals surface area contributed by atoms with Gasteiger partial charge in [-0.2, -0.15) is 0 Å². The number of rotatable bonds is 3. The van der Waals surface area contributed by atoms with E-state index in [1.807, 2.05) is 35.9 Å². The van der Waals surface area contributed by atoms with Gasteiger partial charge in [0.25, 0.3) is 0 Å². The number of nitrogens with two attached hydrogens (primary N) is 1. The lowest BCUT2D eigenvalue weighted by Gasteiger charge is -2.33. The van der Waals surface area contributed by atoms with Crippen LogP contribution in [0.3, 0.4) is 0 Å². The van der Waals surface area contributed by atoms with Crippen LogP contribution in [0.2, 0.25) is 0 Å². The number of hydrogen-bond acceptors (Lipinski definition) is 6. The minimum Gasteiger partial charge on any atom is -0.383 e. The van der Waals surface area contributed by atoms with Crippen molar-refractivity contribution in [1.82, 2.24) is 15.0 Å². The second-order valence-corrected chi connectivity index (χ2v) is 10.1. The molecule has 0 spiro atoms. The smallest absolute Gasteiger partial charge is 0.191 e. The third kappa shape index (κ3) is 3.45. The summed E-state index contributed by atoms with van der Waals surface area (Å²) in [5, 5.41) is 1.86. The van der Waals surface area contributed by atoms with E-state index in [4.69, 9.17) is 10.7 Å². The number of aryl methyl sites for hydroxylation is 1. The third-order valence-electron chi connectivity index (χ3n) is 5.26. The van der Waals surface area contributed by atoms with Gasteiger partial charge in [-0.3, -0.25) is 4.98 Å². The lowest BCUT2D eigenvalue weighted by atomic mass is 9.72. The third-order valence-corrected chi connectivity index (χ3v) is 7.32. The van der Waals surface area contributed by atoms with E-state index in [0.717, 1.165) is 39.9 Å². The fourth-order valence-electron chi connectivity index (χ4n) is 3.62. The van der Waals surface area contributed by atoms with Gasteiger partial charge in [0.1, 0.15) is 10.6 Å². The molecule has 136 valence electrons. The molecule has 0 bridgehead atoms. The first kappa shape index (κ1) is 17.7. The fourth-order valence-corrected chi connectivity index (χ4v) is 5.79. The maximum absolute atomic E-state index is 6.35. The van der Waals surface area contributed by atoms with Crippen molar-refractivity contribution in [2.24, 2.45) is 11.3 Å². The number of nitrogens with zero attached hydrogens (tertiary/aromatic N) is 3. The molecule has 0 saturated heterocycles. The molecule has 4 nitrogen and oxygen atoms in total. The lowest BCUT2D eigenvalue weighted by Crippen LogP contribution is -2.26. The van der Waals surface area contributed by atoms with E-state index < -0.39 is 0 Å². The first-order valence-corrected chi connectivity index (χ1v) is 10.8. The van der Waals surface area contributed by atoms with Gasteiger partial charge in [-0.25, -0.2) is 9.97 Å². The molecule has 0 aliphatic heterocycles. The first-order valence-electron chi connectivity index (χ1n) is 9.01. The molecule has 6 heteroatoms. The SMILES string of the molecule is CC(C)(C)C1CCc2c(sc3nc(SCc4ccncc4)nc(N)c23)C1.